The summed E-state index contributed by atoms with van der Waals surface area (Å²) in [7, 11) is 0. The van der Waals surface area contributed by atoms with Gasteiger partial charge < -0.3 is 58.4 Å². The van der Waals surface area contributed by atoms with Crippen LogP contribution in [-0.4, -0.2) is 125 Å². The van der Waals surface area contributed by atoms with Crippen LogP contribution in [0.1, 0.15) is 0 Å². The molecule has 9 amide bonds. The van der Waals surface area contributed by atoms with Crippen LogP contribution in [0.4, 0.5) is 0 Å². The molecule has 0 saturated carbocycles. The minimum atomic E-state index is -0.750. The summed E-state index contributed by atoms with van der Waals surface area (Å²) in [5.41, 5.74) is 5.06. The molecule has 0 aromatic rings. The molecule has 0 heterocycles. The molecule has 0 rings (SSSR count). The van der Waals surface area contributed by atoms with Gasteiger partial charge in [0.05, 0.1) is 65.4 Å². The van der Waals surface area contributed by atoms with Crippen molar-refractivity contribution in [3.05, 3.63) is 0 Å². The number of carbonyl (C=O) groups is 10. The summed E-state index contributed by atoms with van der Waals surface area (Å²) < 4.78 is 0. The fourth-order valence-corrected chi connectivity index (χ4v) is 2.16. The van der Waals surface area contributed by atoms with E-state index in [-0.39, 0.29) is 19.6 Å². The van der Waals surface area contributed by atoms with Crippen LogP contribution < -0.4 is 53.6 Å². The van der Waals surface area contributed by atoms with E-state index in [2.05, 4.69) is 47.9 Å². The van der Waals surface area contributed by atoms with E-state index in [1.807, 2.05) is 0 Å². The lowest BCUT2D eigenvalue weighted by Crippen LogP contribution is -2.47. The van der Waals surface area contributed by atoms with Crippen molar-refractivity contribution in [1.82, 2.24) is 47.9 Å². The van der Waals surface area contributed by atoms with Gasteiger partial charge in [-0.2, -0.15) is 0 Å². The Morgan fingerprint density at radius 2 is 0.575 bits per heavy atom. The zero-order valence-corrected chi connectivity index (χ0v) is 21.3. The van der Waals surface area contributed by atoms with E-state index in [1.165, 1.54) is 0 Å². The number of hydrogen-bond acceptors (Lipinski definition) is 11. The van der Waals surface area contributed by atoms with E-state index in [0.717, 1.165) is 0 Å². The predicted molar refractivity (Wildman–Crippen MR) is 132 cm³/mol. The Labute approximate surface area is 227 Å². The second kappa shape index (κ2) is 20.9. The molecule has 0 fully saturated rings. The molecule has 20 nitrogen and oxygen atoms in total. The summed E-state index contributed by atoms with van der Waals surface area (Å²) in [6.45, 7) is -4.29. The van der Waals surface area contributed by atoms with E-state index in [4.69, 9.17) is 5.73 Å². The van der Waals surface area contributed by atoms with E-state index in [0.29, 0.717) is 6.29 Å². The highest BCUT2D eigenvalue weighted by Crippen LogP contribution is 1.74. The van der Waals surface area contributed by atoms with E-state index in [9.17, 15) is 47.9 Å². The lowest BCUT2D eigenvalue weighted by molar-refractivity contribution is -0.130. The topological polar surface area (TPSA) is 305 Å². The van der Waals surface area contributed by atoms with Crippen LogP contribution in [0.25, 0.3) is 0 Å². The van der Waals surface area contributed by atoms with Crippen LogP contribution in [-0.2, 0) is 47.9 Å². The standard InChI is InChI=1S/C20H32N10O10/c21-3-12(32)23-5-14(34)25-7-16(36)27-9-18(38)29-11-20(40)30-10-19(39)28-8-17(37)26-6-15(35)24-4-13(33)22-1-2-31/h2H,1,3-11,21H2,(H,22,33)(H,23,32)(H,24,35)(H,25,34)(H,26,37)(H,27,36)(H,28,39)(H,29,38)(H,30,40). The first-order valence-electron chi connectivity index (χ1n) is 11.5. The van der Waals surface area contributed by atoms with E-state index >= 15 is 0 Å². The monoisotopic (exact) mass is 572 g/mol. The third-order valence-corrected chi connectivity index (χ3v) is 4.14. The van der Waals surface area contributed by atoms with Gasteiger partial charge in [0, 0.05) is 0 Å². The smallest absolute Gasteiger partial charge is 0.239 e. The van der Waals surface area contributed by atoms with E-state index < -0.39 is 99.0 Å². The molecule has 0 aromatic heterocycles. The predicted octanol–water partition coefficient (Wildman–Crippen LogP) is -8.81. The normalized spacial score (nSPS) is 9.62. The Morgan fingerprint density at radius 3 is 0.775 bits per heavy atom. The van der Waals surface area contributed by atoms with Gasteiger partial charge in [0.25, 0.3) is 0 Å². The Balaban J connectivity index is 3.94. The molecule has 11 N–H and O–H groups in total. The average molecular weight is 573 g/mol. The Morgan fingerprint density at radius 1 is 0.375 bits per heavy atom. The highest BCUT2D eigenvalue weighted by molar-refractivity contribution is 5.93. The fourth-order valence-electron chi connectivity index (χ4n) is 2.16. The van der Waals surface area contributed by atoms with Gasteiger partial charge in [-0.05, 0) is 0 Å². The minimum absolute atomic E-state index is 0.203. The summed E-state index contributed by atoms with van der Waals surface area (Å²) in [4.78, 5) is 114. The molecule has 0 unspecified atom stereocenters. The molecule has 40 heavy (non-hydrogen) atoms. The van der Waals surface area contributed by atoms with Crippen LogP contribution in [0.15, 0.2) is 0 Å². The largest absolute Gasteiger partial charge is 0.348 e. The summed E-state index contributed by atoms with van der Waals surface area (Å²) in [5, 5.41) is 19.7. The van der Waals surface area contributed by atoms with Crippen molar-refractivity contribution in [2.45, 2.75) is 0 Å². The number of rotatable bonds is 19. The minimum Gasteiger partial charge on any atom is -0.348 e. The summed E-state index contributed by atoms with van der Waals surface area (Å²) in [6, 6.07) is 0. The number of nitrogens with two attached hydrogens (primary N) is 1. The quantitative estimate of drug-likeness (QED) is 0.0648. The summed E-state index contributed by atoms with van der Waals surface area (Å²) >= 11 is 0. The Hall–Kier alpha value is -5.14. The number of carbonyl (C=O) groups excluding carboxylic acids is 10. The highest BCUT2D eigenvalue weighted by Gasteiger charge is 2.12. The Kier molecular flexibility index (Phi) is 18.2. The molecule has 0 aliphatic rings. The first-order chi connectivity index (χ1) is 19.0. The van der Waals surface area contributed by atoms with Crippen LogP contribution in [0.3, 0.4) is 0 Å². The van der Waals surface area contributed by atoms with Crippen LogP contribution in [0, 0.1) is 0 Å². The van der Waals surface area contributed by atoms with Gasteiger partial charge in [-0.3, -0.25) is 43.2 Å². The molecule has 0 atom stereocenters. The number of aldehydes is 1. The second-order valence-electron chi connectivity index (χ2n) is 7.39. The maximum atomic E-state index is 11.7. The van der Waals surface area contributed by atoms with Gasteiger partial charge in [0.2, 0.25) is 53.2 Å². The molecule has 20 heteroatoms. The van der Waals surface area contributed by atoms with Crippen molar-refractivity contribution in [3.63, 3.8) is 0 Å². The van der Waals surface area contributed by atoms with Gasteiger partial charge in [0.1, 0.15) is 6.29 Å². The molecule has 0 radical (unpaired) electrons. The van der Waals surface area contributed by atoms with Crippen molar-refractivity contribution in [2.75, 3.05) is 65.4 Å². The highest BCUT2D eigenvalue weighted by atomic mass is 16.2. The fraction of sp³-hybridized carbons (Fsp3) is 0.500. The van der Waals surface area contributed by atoms with Crippen LogP contribution >= 0.6 is 0 Å². The van der Waals surface area contributed by atoms with Crippen molar-refractivity contribution < 1.29 is 47.9 Å². The Bertz CT molecular complexity index is 972. The third kappa shape index (κ3) is 20.0. The van der Waals surface area contributed by atoms with Gasteiger partial charge in [0.15, 0.2) is 0 Å². The zero-order chi connectivity index (χ0) is 30.3. The van der Waals surface area contributed by atoms with Gasteiger partial charge in [-0.25, -0.2) is 0 Å². The first-order valence-corrected chi connectivity index (χ1v) is 11.5. The van der Waals surface area contributed by atoms with Gasteiger partial charge >= 0.3 is 0 Å². The lowest BCUT2D eigenvalue weighted by atomic mass is 10.4. The zero-order valence-electron chi connectivity index (χ0n) is 21.3. The number of amides is 9. The molecule has 0 spiro atoms. The third-order valence-electron chi connectivity index (χ3n) is 4.14. The molecular formula is C20H32N10O10. The van der Waals surface area contributed by atoms with Crippen molar-refractivity contribution in [3.8, 4) is 0 Å². The number of nitrogens with one attached hydrogen (secondary N) is 9. The maximum Gasteiger partial charge on any atom is 0.239 e. The molecule has 0 aromatic carbocycles. The molecule has 0 aliphatic heterocycles. The van der Waals surface area contributed by atoms with Crippen LogP contribution in [0.2, 0.25) is 0 Å². The summed E-state index contributed by atoms with van der Waals surface area (Å²) in [5.74, 6) is -6.17. The molecule has 0 saturated heterocycles. The van der Waals surface area contributed by atoms with Gasteiger partial charge in [-0.15, -0.1) is 0 Å². The molecular weight excluding hydrogens is 540 g/mol. The SMILES string of the molecule is NCC(=O)NCC(=O)NCC(=O)NCC(=O)NCC(=O)NCC(=O)NCC(=O)NCC(=O)NCC(=O)NCC=O. The molecule has 0 bridgehead atoms. The van der Waals surface area contributed by atoms with Crippen molar-refractivity contribution >= 4 is 59.5 Å². The summed E-state index contributed by atoms with van der Waals surface area (Å²) in [6.07, 6.45) is 0.466. The first kappa shape index (κ1) is 34.9. The van der Waals surface area contributed by atoms with E-state index in [1.54, 1.807) is 0 Å². The second-order valence-corrected chi connectivity index (χ2v) is 7.39. The lowest BCUT2D eigenvalue weighted by Gasteiger charge is -2.10. The maximum absolute atomic E-state index is 11.7. The molecule has 222 valence electrons. The van der Waals surface area contributed by atoms with Crippen molar-refractivity contribution in [1.29, 1.82) is 0 Å². The van der Waals surface area contributed by atoms with Crippen molar-refractivity contribution in [2.24, 2.45) is 5.73 Å². The van der Waals surface area contributed by atoms with Crippen LogP contribution in [0.5, 0.6) is 0 Å². The number of hydrogen-bond donors (Lipinski definition) is 10. The molecule has 0 aliphatic carbocycles. The van der Waals surface area contributed by atoms with Gasteiger partial charge in [-0.1, -0.05) is 0 Å². The average Bonchev–Trinajstić information content (AvgIpc) is 2.94.